The van der Waals surface area contributed by atoms with E-state index >= 15 is 0 Å². The lowest BCUT2D eigenvalue weighted by Gasteiger charge is -2.20. The molecule has 0 aliphatic carbocycles. The first-order valence-electron chi connectivity index (χ1n) is 8.92. The van der Waals surface area contributed by atoms with Gasteiger partial charge in [0, 0.05) is 18.7 Å². The fourth-order valence-electron chi connectivity index (χ4n) is 3.25. The van der Waals surface area contributed by atoms with Crippen LogP contribution in [0.2, 0.25) is 0 Å². The maximum absolute atomic E-state index is 14.1. The predicted molar refractivity (Wildman–Crippen MR) is 103 cm³/mol. The molecule has 0 saturated carbocycles. The highest BCUT2D eigenvalue weighted by atomic mass is 32.2. The highest BCUT2D eigenvalue weighted by Gasteiger charge is 2.34. The number of carbonyl (C=O) groups excluding carboxylic acids is 1. The lowest BCUT2D eigenvalue weighted by molar-refractivity contribution is -0.133. The lowest BCUT2D eigenvalue weighted by atomic mass is 10.1. The number of sulfone groups is 1. The molecule has 2 aromatic rings. The number of hydrogen-bond donors (Lipinski definition) is 0. The van der Waals surface area contributed by atoms with Crippen molar-refractivity contribution in [3.63, 3.8) is 0 Å². The highest BCUT2D eigenvalue weighted by molar-refractivity contribution is 7.91. The Morgan fingerprint density at radius 3 is 2.50 bits per heavy atom. The van der Waals surface area contributed by atoms with Gasteiger partial charge < -0.3 is 14.4 Å². The standard InChI is InChI=1S/C20H22FNO5S/c1-26-17-8-4-5-9-18(17)27-14-20(23)22-11-10-19(28(24,25)13-12-22)15-6-2-3-7-16(15)21/h2-9,19H,10-14H2,1H3. The molecule has 28 heavy (non-hydrogen) atoms. The number of amides is 1. The largest absolute Gasteiger partial charge is 0.493 e. The molecule has 1 atom stereocenters. The Balaban J connectivity index is 1.68. The van der Waals surface area contributed by atoms with Gasteiger partial charge in [-0.1, -0.05) is 30.3 Å². The van der Waals surface area contributed by atoms with E-state index in [2.05, 4.69) is 0 Å². The van der Waals surface area contributed by atoms with Gasteiger partial charge in [-0.3, -0.25) is 4.79 Å². The second-order valence-electron chi connectivity index (χ2n) is 6.49. The molecule has 2 aromatic carbocycles. The molecule has 1 unspecified atom stereocenters. The first-order valence-corrected chi connectivity index (χ1v) is 10.6. The maximum atomic E-state index is 14.1. The second kappa shape index (κ2) is 8.60. The highest BCUT2D eigenvalue weighted by Crippen LogP contribution is 2.31. The summed E-state index contributed by atoms with van der Waals surface area (Å²) in [5.74, 6) is -0.143. The van der Waals surface area contributed by atoms with E-state index < -0.39 is 20.9 Å². The fraction of sp³-hybridized carbons (Fsp3) is 0.350. The van der Waals surface area contributed by atoms with Crippen LogP contribution in [0.25, 0.3) is 0 Å². The summed E-state index contributed by atoms with van der Waals surface area (Å²) in [5, 5.41) is -0.957. The molecule has 1 aliphatic heterocycles. The number of hydrogen-bond acceptors (Lipinski definition) is 5. The molecule has 1 heterocycles. The van der Waals surface area contributed by atoms with Crippen molar-refractivity contribution in [2.24, 2.45) is 0 Å². The molecule has 0 N–H and O–H groups in total. The van der Waals surface area contributed by atoms with Crippen molar-refractivity contribution < 1.29 is 27.1 Å². The number of carbonyl (C=O) groups is 1. The fourth-order valence-corrected chi connectivity index (χ4v) is 5.05. The third-order valence-corrected chi connectivity index (χ3v) is 6.87. The van der Waals surface area contributed by atoms with Crippen LogP contribution in [0.5, 0.6) is 11.5 Å². The quantitative estimate of drug-likeness (QED) is 0.762. The van der Waals surface area contributed by atoms with Crippen molar-refractivity contribution >= 4 is 15.7 Å². The van der Waals surface area contributed by atoms with Gasteiger partial charge in [0.05, 0.1) is 18.1 Å². The Bertz CT molecular complexity index is 947. The molecule has 0 radical (unpaired) electrons. The zero-order chi connectivity index (χ0) is 20.1. The molecule has 0 aromatic heterocycles. The molecule has 6 nitrogen and oxygen atoms in total. The van der Waals surface area contributed by atoms with Gasteiger partial charge in [-0.2, -0.15) is 0 Å². The summed E-state index contributed by atoms with van der Waals surface area (Å²) < 4.78 is 50.1. The minimum absolute atomic E-state index is 0.0569. The van der Waals surface area contributed by atoms with E-state index in [-0.39, 0.29) is 43.3 Å². The SMILES string of the molecule is COc1ccccc1OCC(=O)N1CCC(c2ccccc2F)S(=O)(=O)CC1. The monoisotopic (exact) mass is 407 g/mol. The lowest BCUT2D eigenvalue weighted by Crippen LogP contribution is -2.37. The molecule has 150 valence electrons. The van der Waals surface area contributed by atoms with Gasteiger partial charge in [0.25, 0.3) is 5.91 Å². The molecule has 1 amide bonds. The first kappa shape index (κ1) is 20.1. The minimum atomic E-state index is -3.57. The van der Waals surface area contributed by atoms with Crippen molar-refractivity contribution in [2.45, 2.75) is 11.7 Å². The summed E-state index contributed by atoms with van der Waals surface area (Å²) in [6.07, 6.45) is 0.143. The van der Waals surface area contributed by atoms with E-state index in [9.17, 15) is 17.6 Å². The van der Waals surface area contributed by atoms with Crippen molar-refractivity contribution in [2.75, 3.05) is 32.6 Å². The van der Waals surface area contributed by atoms with Gasteiger partial charge in [-0.25, -0.2) is 12.8 Å². The number of rotatable bonds is 5. The van der Waals surface area contributed by atoms with Crippen LogP contribution in [0.15, 0.2) is 48.5 Å². The number of ether oxygens (including phenoxy) is 2. The summed E-state index contributed by atoms with van der Waals surface area (Å²) in [7, 11) is -2.07. The van der Waals surface area contributed by atoms with Crippen LogP contribution in [0.1, 0.15) is 17.2 Å². The third-order valence-electron chi connectivity index (χ3n) is 4.77. The van der Waals surface area contributed by atoms with Gasteiger partial charge in [0.1, 0.15) is 5.82 Å². The number of methoxy groups -OCH3 is 1. The van der Waals surface area contributed by atoms with Crippen LogP contribution in [-0.4, -0.2) is 51.8 Å². The molecule has 1 saturated heterocycles. The number of para-hydroxylation sites is 2. The molecule has 1 fully saturated rings. The molecule has 0 spiro atoms. The van der Waals surface area contributed by atoms with Gasteiger partial charge in [0.15, 0.2) is 27.9 Å². The Morgan fingerprint density at radius 1 is 1.11 bits per heavy atom. The molecule has 3 rings (SSSR count). The number of benzene rings is 2. The average molecular weight is 407 g/mol. The summed E-state index contributed by atoms with van der Waals surface area (Å²) >= 11 is 0. The summed E-state index contributed by atoms with van der Waals surface area (Å²) in [5.41, 5.74) is 0.155. The normalized spacial score (nSPS) is 18.9. The van der Waals surface area contributed by atoms with Crippen LogP contribution >= 0.6 is 0 Å². The average Bonchev–Trinajstić information content (AvgIpc) is 2.85. The van der Waals surface area contributed by atoms with Crippen LogP contribution in [0.4, 0.5) is 4.39 Å². The molecular formula is C20H22FNO5S. The second-order valence-corrected chi connectivity index (χ2v) is 8.79. The topological polar surface area (TPSA) is 72.9 Å². The van der Waals surface area contributed by atoms with Gasteiger partial charge in [-0.15, -0.1) is 0 Å². The molecule has 1 aliphatic rings. The Kier molecular flexibility index (Phi) is 6.18. The predicted octanol–water partition coefficient (Wildman–Crippen LogP) is 2.60. The van der Waals surface area contributed by atoms with E-state index in [0.29, 0.717) is 11.5 Å². The first-order chi connectivity index (χ1) is 13.4. The van der Waals surface area contributed by atoms with E-state index in [0.717, 1.165) is 0 Å². The summed E-state index contributed by atoms with van der Waals surface area (Å²) in [6.45, 7) is 0.0402. The number of halogens is 1. The van der Waals surface area contributed by atoms with Crippen LogP contribution in [0, 0.1) is 5.82 Å². The van der Waals surface area contributed by atoms with Crippen LogP contribution < -0.4 is 9.47 Å². The minimum Gasteiger partial charge on any atom is -0.493 e. The Hall–Kier alpha value is -2.61. The van der Waals surface area contributed by atoms with Crippen LogP contribution in [-0.2, 0) is 14.6 Å². The van der Waals surface area contributed by atoms with Crippen molar-refractivity contribution in [3.8, 4) is 11.5 Å². The van der Waals surface area contributed by atoms with Crippen LogP contribution in [0.3, 0.4) is 0 Å². The van der Waals surface area contributed by atoms with E-state index in [1.165, 1.54) is 30.2 Å². The summed E-state index contributed by atoms with van der Waals surface area (Å²) in [6, 6.07) is 12.8. The molecular weight excluding hydrogens is 385 g/mol. The van der Waals surface area contributed by atoms with Crippen molar-refractivity contribution in [3.05, 3.63) is 59.9 Å². The molecule has 8 heteroatoms. The zero-order valence-corrected chi connectivity index (χ0v) is 16.3. The van der Waals surface area contributed by atoms with E-state index in [1.807, 2.05) is 0 Å². The number of nitrogens with zero attached hydrogens (tertiary/aromatic N) is 1. The van der Waals surface area contributed by atoms with Crippen molar-refractivity contribution in [1.29, 1.82) is 0 Å². The van der Waals surface area contributed by atoms with Gasteiger partial charge in [0.2, 0.25) is 0 Å². The summed E-state index contributed by atoms with van der Waals surface area (Å²) in [4.78, 5) is 14.0. The third kappa shape index (κ3) is 4.44. The van der Waals surface area contributed by atoms with E-state index in [4.69, 9.17) is 9.47 Å². The Morgan fingerprint density at radius 2 is 1.79 bits per heavy atom. The zero-order valence-electron chi connectivity index (χ0n) is 15.5. The van der Waals surface area contributed by atoms with E-state index in [1.54, 1.807) is 30.3 Å². The van der Waals surface area contributed by atoms with Gasteiger partial charge >= 0.3 is 0 Å². The smallest absolute Gasteiger partial charge is 0.260 e. The molecule has 0 bridgehead atoms. The Labute approximate surface area is 163 Å². The maximum Gasteiger partial charge on any atom is 0.260 e. The van der Waals surface area contributed by atoms with Crippen molar-refractivity contribution in [1.82, 2.24) is 4.90 Å². The van der Waals surface area contributed by atoms with Gasteiger partial charge in [-0.05, 0) is 24.6 Å².